The quantitative estimate of drug-likeness (QED) is 0.698. The predicted molar refractivity (Wildman–Crippen MR) is 112 cm³/mol. The monoisotopic (exact) mass is 407 g/mol. The van der Waals surface area contributed by atoms with Crippen LogP contribution in [0.2, 0.25) is 0 Å². The van der Waals surface area contributed by atoms with Crippen LogP contribution in [0.4, 0.5) is 17.3 Å². The van der Waals surface area contributed by atoms with Gasteiger partial charge in [0.25, 0.3) is 0 Å². The van der Waals surface area contributed by atoms with E-state index in [1.54, 1.807) is 0 Å². The third-order valence-electron chi connectivity index (χ3n) is 5.97. The number of nitrogens with zero attached hydrogens (tertiary/aromatic N) is 8. The zero-order valence-corrected chi connectivity index (χ0v) is 16.8. The number of piperidine rings is 2. The van der Waals surface area contributed by atoms with Gasteiger partial charge in [-0.25, -0.2) is 4.98 Å². The molecule has 3 aromatic rings. The highest BCUT2D eigenvalue weighted by atomic mass is 16.2. The van der Waals surface area contributed by atoms with Gasteiger partial charge in [0.15, 0.2) is 11.5 Å². The van der Waals surface area contributed by atoms with Crippen molar-refractivity contribution in [3.8, 4) is 0 Å². The lowest BCUT2D eigenvalue weighted by Crippen LogP contribution is -2.38. The van der Waals surface area contributed by atoms with Crippen molar-refractivity contribution in [3.05, 3.63) is 30.5 Å². The van der Waals surface area contributed by atoms with Crippen LogP contribution >= 0.6 is 0 Å². The summed E-state index contributed by atoms with van der Waals surface area (Å²) in [6.45, 7) is 3.70. The number of nitrogens with one attached hydrogen (secondary N) is 1. The number of carbonyl (C=O) groups excluding carboxylic acids is 1. The van der Waals surface area contributed by atoms with E-state index in [2.05, 4.69) is 46.8 Å². The number of hydrogen-bond acceptors (Lipinski definition) is 8. The first-order valence-corrected chi connectivity index (χ1v) is 10.6. The third kappa shape index (κ3) is 3.89. The zero-order chi connectivity index (χ0) is 20.3. The van der Waals surface area contributed by atoms with Crippen molar-refractivity contribution in [2.45, 2.75) is 32.1 Å². The molecule has 30 heavy (non-hydrogen) atoms. The first-order valence-electron chi connectivity index (χ1n) is 10.6. The highest BCUT2D eigenvalue weighted by molar-refractivity contribution is 5.91. The molecule has 10 nitrogen and oxygen atoms in total. The second kappa shape index (κ2) is 8.21. The topological polar surface area (TPSA) is 104 Å². The second-order valence-corrected chi connectivity index (χ2v) is 7.92. The van der Waals surface area contributed by atoms with Crippen LogP contribution in [0.5, 0.6) is 0 Å². The second-order valence-electron chi connectivity index (χ2n) is 7.92. The molecule has 3 aromatic heterocycles. The molecule has 0 spiro atoms. The van der Waals surface area contributed by atoms with Gasteiger partial charge in [0.05, 0.1) is 11.9 Å². The SMILES string of the molecule is O=C(Nc1ccc(N2CCCCC2)cn1)C1CCN(c2ccc3nnnn3n2)CC1. The van der Waals surface area contributed by atoms with Gasteiger partial charge in [0, 0.05) is 32.1 Å². The van der Waals surface area contributed by atoms with Crippen molar-refractivity contribution < 1.29 is 4.79 Å². The van der Waals surface area contributed by atoms with E-state index in [-0.39, 0.29) is 11.8 Å². The third-order valence-corrected chi connectivity index (χ3v) is 5.97. The van der Waals surface area contributed by atoms with Gasteiger partial charge in [-0.05, 0) is 66.8 Å². The molecule has 0 saturated carbocycles. The fourth-order valence-corrected chi connectivity index (χ4v) is 4.21. The van der Waals surface area contributed by atoms with Crippen LogP contribution < -0.4 is 15.1 Å². The van der Waals surface area contributed by atoms with E-state index in [0.717, 1.165) is 50.5 Å². The van der Waals surface area contributed by atoms with Gasteiger partial charge in [-0.15, -0.1) is 14.8 Å². The number of rotatable bonds is 4. The molecule has 5 heterocycles. The van der Waals surface area contributed by atoms with E-state index in [9.17, 15) is 4.79 Å². The van der Waals surface area contributed by atoms with Gasteiger partial charge < -0.3 is 15.1 Å². The Morgan fingerprint density at radius 3 is 2.57 bits per heavy atom. The van der Waals surface area contributed by atoms with Crippen molar-refractivity contribution in [1.29, 1.82) is 0 Å². The Balaban J connectivity index is 1.15. The lowest BCUT2D eigenvalue weighted by Gasteiger charge is -2.31. The van der Waals surface area contributed by atoms with Crippen LogP contribution in [-0.2, 0) is 4.79 Å². The molecule has 1 N–H and O–H groups in total. The molecule has 2 saturated heterocycles. The molecule has 2 aliphatic rings. The summed E-state index contributed by atoms with van der Waals surface area (Å²) in [5, 5.41) is 18.7. The predicted octanol–water partition coefficient (Wildman–Crippen LogP) is 1.76. The summed E-state index contributed by atoms with van der Waals surface area (Å²) in [5.41, 5.74) is 1.75. The van der Waals surface area contributed by atoms with Gasteiger partial charge in [0.1, 0.15) is 5.82 Å². The molecule has 10 heteroatoms. The number of carbonyl (C=O) groups is 1. The lowest BCUT2D eigenvalue weighted by molar-refractivity contribution is -0.120. The Labute approximate surface area is 174 Å². The number of fused-ring (bicyclic) bond motifs is 1. The molecule has 2 fully saturated rings. The average Bonchev–Trinajstić information content (AvgIpc) is 3.28. The van der Waals surface area contributed by atoms with E-state index in [4.69, 9.17) is 0 Å². The van der Waals surface area contributed by atoms with Crippen LogP contribution in [0.3, 0.4) is 0 Å². The Kier molecular flexibility index (Phi) is 5.12. The zero-order valence-electron chi connectivity index (χ0n) is 16.8. The summed E-state index contributed by atoms with van der Waals surface area (Å²) in [6, 6.07) is 7.72. The van der Waals surface area contributed by atoms with Gasteiger partial charge >= 0.3 is 0 Å². The molecular weight excluding hydrogens is 382 g/mol. The maximum absolute atomic E-state index is 12.7. The highest BCUT2D eigenvalue weighted by Crippen LogP contribution is 2.24. The number of hydrogen-bond donors (Lipinski definition) is 1. The van der Waals surface area contributed by atoms with Crippen molar-refractivity contribution in [2.24, 2.45) is 5.92 Å². The fraction of sp³-hybridized carbons (Fsp3) is 0.500. The number of amides is 1. The molecular formula is C20H25N9O. The minimum absolute atomic E-state index is 0.0263. The van der Waals surface area contributed by atoms with Crippen LogP contribution in [0.15, 0.2) is 30.5 Å². The first kappa shape index (κ1) is 18.7. The van der Waals surface area contributed by atoms with Crippen LogP contribution in [0.1, 0.15) is 32.1 Å². The Hall–Kier alpha value is -3.30. The standard InChI is InChI=1S/C20H25N9O/c30-20(22-17-5-4-16(14-21-17)27-10-2-1-3-11-27)15-8-12-28(13-9-15)19-7-6-18-23-25-26-29(18)24-19/h4-7,14-15H,1-3,8-13H2,(H,21,22,30). The van der Waals surface area contributed by atoms with E-state index in [0.29, 0.717) is 11.5 Å². The van der Waals surface area contributed by atoms with E-state index in [1.807, 2.05) is 24.4 Å². The Morgan fingerprint density at radius 1 is 0.967 bits per heavy atom. The molecule has 156 valence electrons. The van der Waals surface area contributed by atoms with Crippen molar-refractivity contribution in [1.82, 2.24) is 30.2 Å². The van der Waals surface area contributed by atoms with Crippen LogP contribution in [0, 0.1) is 5.92 Å². The summed E-state index contributed by atoms with van der Waals surface area (Å²) in [4.78, 5) is 21.7. The van der Waals surface area contributed by atoms with E-state index in [1.165, 1.54) is 23.9 Å². The molecule has 0 bridgehead atoms. The van der Waals surface area contributed by atoms with Gasteiger partial charge in [0.2, 0.25) is 5.91 Å². The summed E-state index contributed by atoms with van der Waals surface area (Å²) in [5.74, 6) is 1.45. The smallest absolute Gasteiger partial charge is 0.228 e. The van der Waals surface area contributed by atoms with Crippen LogP contribution in [-0.4, -0.2) is 62.3 Å². The molecule has 5 rings (SSSR count). The van der Waals surface area contributed by atoms with Crippen molar-refractivity contribution >= 4 is 28.9 Å². The van der Waals surface area contributed by atoms with Crippen molar-refractivity contribution in [3.63, 3.8) is 0 Å². The average molecular weight is 407 g/mol. The molecule has 0 aliphatic carbocycles. The molecule has 2 aliphatic heterocycles. The van der Waals surface area contributed by atoms with Crippen molar-refractivity contribution in [2.75, 3.05) is 41.3 Å². The summed E-state index contributed by atoms with van der Waals surface area (Å²) in [6.07, 6.45) is 7.18. The molecule has 1 amide bonds. The Bertz CT molecular complexity index is 1000. The molecule has 0 unspecified atom stereocenters. The summed E-state index contributed by atoms with van der Waals surface area (Å²) < 4.78 is 1.42. The maximum atomic E-state index is 12.7. The molecule has 0 atom stereocenters. The normalized spacial score (nSPS) is 18.0. The minimum atomic E-state index is -0.0263. The maximum Gasteiger partial charge on any atom is 0.228 e. The van der Waals surface area contributed by atoms with Gasteiger partial charge in [-0.3, -0.25) is 4.79 Å². The molecule has 0 radical (unpaired) electrons. The molecule has 0 aromatic carbocycles. The summed E-state index contributed by atoms with van der Waals surface area (Å²) in [7, 11) is 0. The first-order chi connectivity index (χ1) is 14.8. The number of anilines is 3. The largest absolute Gasteiger partial charge is 0.370 e. The lowest BCUT2D eigenvalue weighted by atomic mass is 9.96. The van der Waals surface area contributed by atoms with Gasteiger partial charge in [-0.1, -0.05) is 0 Å². The number of pyridine rings is 1. The number of aromatic nitrogens is 6. The number of tetrazole rings is 1. The summed E-state index contributed by atoms with van der Waals surface area (Å²) >= 11 is 0. The Morgan fingerprint density at radius 2 is 1.80 bits per heavy atom. The minimum Gasteiger partial charge on any atom is -0.370 e. The van der Waals surface area contributed by atoms with E-state index >= 15 is 0 Å². The van der Waals surface area contributed by atoms with E-state index < -0.39 is 0 Å². The highest BCUT2D eigenvalue weighted by Gasteiger charge is 2.26. The van der Waals surface area contributed by atoms with Crippen LogP contribution in [0.25, 0.3) is 5.65 Å². The van der Waals surface area contributed by atoms with Gasteiger partial charge in [-0.2, -0.15) is 0 Å². The fourth-order valence-electron chi connectivity index (χ4n) is 4.21.